The molecule has 1 unspecified atom stereocenters. The Morgan fingerprint density at radius 2 is 1.89 bits per heavy atom. The molecule has 0 amide bonds. The Labute approximate surface area is 222 Å². The number of rotatable bonds is 7. The molecule has 3 heterocycles. The first kappa shape index (κ1) is 24.4. The van der Waals surface area contributed by atoms with E-state index in [1.807, 2.05) is 32.0 Å². The zero-order valence-electron chi connectivity index (χ0n) is 22.4. The van der Waals surface area contributed by atoms with Crippen LogP contribution in [-0.4, -0.2) is 45.9 Å². The first-order chi connectivity index (χ1) is 18.3. The second-order valence-electron chi connectivity index (χ2n) is 10.9. The van der Waals surface area contributed by atoms with Crippen molar-refractivity contribution >= 4 is 11.2 Å². The number of nitrogens with one attached hydrogen (secondary N) is 1. The molecule has 0 fully saturated rings. The van der Waals surface area contributed by atoms with Crippen LogP contribution in [0.3, 0.4) is 0 Å². The largest absolute Gasteiger partial charge is 0.390 e. The first-order valence-corrected chi connectivity index (χ1v) is 13.4. The highest BCUT2D eigenvalue weighted by Crippen LogP contribution is 2.40. The number of pyridine rings is 1. The minimum absolute atomic E-state index is 0.197. The number of aliphatic hydroxyl groups is 1. The molecule has 5 aromatic rings. The van der Waals surface area contributed by atoms with E-state index in [-0.39, 0.29) is 6.04 Å². The van der Waals surface area contributed by atoms with Crippen LogP contribution < -0.4 is 0 Å². The molecule has 38 heavy (non-hydrogen) atoms. The van der Waals surface area contributed by atoms with Crippen molar-refractivity contribution in [1.29, 1.82) is 0 Å². The van der Waals surface area contributed by atoms with Gasteiger partial charge >= 0.3 is 0 Å². The van der Waals surface area contributed by atoms with Crippen LogP contribution >= 0.6 is 0 Å². The molecule has 0 aliphatic heterocycles. The third kappa shape index (κ3) is 4.39. The van der Waals surface area contributed by atoms with Gasteiger partial charge in [-0.25, -0.2) is 9.97 Å². The molecule has 1 aliphatic carbocycles. The molecule has 0 radical (unpaired) electrons. The highest BCUT2D eigenvalue weighted by atomic mass is 16.3. The van der Waals surface area contributed by atoms with Gasteiger partial charge in [-0.3, -0.25) is 0 Å². The van der Waals surface area contributed by atoms with Crippen LogP contribution in [0.15, 0.2) is 48.5 Å². The summed E-state index contributed by atoms with van der Waals surface area (Å²) in [5.74, 6) is 1.66. The van der Waals surface area contributed by atoms with Gasteiger partial charge in [0.2, 0.25) is 5.82 Å². The van der Waals surface area contributed by atoms with Crippen LogP contribution in [0.5, 0.6) is 0 Å². The standard InChI is InChI=1S/C30H33N7O/c1-5-26-32-27-18(2)16-21(14-15-30(3,4)38)31-29(27)37(26)25-13-11-20-17-19(10-12-23(20)25)22-8-6-7-9-24(22)28-33-35-36-34-28/h6-10,12,16-17,25,38H,5,11,13-15H2,1-4H3,(H,33,34,35,36). The minimum atomic E-state index is -0.718. The number of imidazole rings is 1. The Morgan fingerprint density at radius 3 is 2.63 bits per heavy atom. The van der Waals surface area contributed by atoms with Crippen LogP contribution in [-0.2, 0) is 19.3 Å². The number of aryl methyl sites for hydroxylation is 4. The second kappa shape index (κ2) is 9.44. The molecule has 3 aromatic heterocycles. The van der Waals surface area contributed by atoms with Crippen molar-refractivity contribution in [3.8, 4) is 22.5 Å². The Bertz CT molecular complexity index is 1610. The Kier molecular flexibility index (Phi) is 6.07. The summed E-state index contributed by atoms with van der Waals surface area (Å²) in [5.41, 5.74) is 9.26. The zero-order valence-corrected chi connectivity index (χ0v) is 22.4. The number of fused-ring (bicyclic) bond motifs is 2. The summed E-state index contributed by atoms with van der Waals surface area (Å²) >= 11 is 0. The Balaban J connectivity index is 1.41. The van der Waals surface area contributed by atoms with E-state index < -0.39 is 5.60 Å². The number of aromatic nitrogens is 7. The molecule has 6 rings (SSSR count). The molecule has 1 atom stereocenters. The average Bonchev–Trinajstić information content (AvgIpc) is 3.65. The van der Waals surface area contributed by atoms with E-state index >= 15 is 0 Å². The van der Waals surface area contributed by atoms with Crippen LogP contribution in [0.4, 0.5) is 0 Å². The topological polar surface area (TPSA) is 105 Å². The first-order valence-electron chi connectivity index (χ1n) is 13.4. The summed E-state index contributed by atoms with van der Waals surface area (Å²) in [6.45, 7) is 7.98. The van der Waals surface area contributed by atoms with E-state index in [4.69, 9.17) is 9.97 Å². The monoisotopic (exact) mass is 507 g/mol. The molecule has 0 saturated heterocycles. The molecule has 2 N–H and O–H groups in total. The van der Waals surface area contributed by atoms with Gasteiger partial charge in [-0.1, -0.05) is 49.4 Å². The number of hydrogen-bond acceptors (Lipinski definition) is 6. The van der Waals surface area contributed by atoms with Crippen molar-refractivity contribution in [2.75, 3.05) is 0 Å². The third-order valence-electron chi connectivity index (χ3n) is 7.60. The molecule has 8 heteroatoms. The predicted octanol–water partition coefficient (Wildman–Crippen LogP) is 5.39. The highest BCUT2D eigenvalue weighted by Gasteiger charge is 2.29. The molecular weight excluding hydrogens is 474 g/mol. The molecule has 0 spiro atoms. The van der Waals surface area contributed by atoms with E-state index in [9.17, 15) is 5.11 Å². The number of hydrogen-bond donors (Lipinski definition) is 2. The van der Waals surface area contributed by atoms with E-state index in [1.54, 1.807) is 0 Å². The van der Waals surface area contributed by atoms with E-state index in [2.05, 4.69) is 69.4 Å². The number of aromatic amines is 1. The van der Waals surface area contributed by atoms with Gasteiger partial charge in [0.15, 0.2) is 5.65 Å². The highest BCUT2D eigenvalue weighted by molar-refractivity contribution is 5.81. The quantitative estimate of drug-likeness (QED) is 0.306. The van der Waals surface area contributed by atoms with Crippen molar-refractivity contribution in [2.24, 2.45) is 0 Å². The molecule has 1 aliphatic rings. The molecule has 8 nitrogen and oxygen atoms in total. The van der Waals surface area contributed by atoms with Crippen LogP contribution in [0.25, 0.3) is 33.7 Å². The van der Waals surface area contributed by atoms with Gasteiger partial charge in [0.1, 0.15) is 11.3 Å². The lowest BCUT2D eigenvalue weighted by Crippen LogP contribution is -2.19. The summed E-state index contributed by atoms with van der Waals surface area (Å²) < 4.78 is 2.37. The van der Waals surface area contributed by atoms with E-state index in [0.717, 1.165) is 70.6 Å². The van der Waals surface area contributed by atoms with Gasteiger partial charge in [-0.2, -0.15) is 5.21 Å². The number of benzene rings is 2. The van der Waals surface area contributed by atoms with Crippen molar-refractivity contribution in [3.63, 3.8) is 0 Å². The summed E-state index contributed by atoms with van der Waals surface area (Å²) in [4.78, 5) is 10.1. The summed E-state index contributed by atoms with van der Waals surface area (Å²) in [6, 6.07) is 17.3. The maximum Gasteiger partial charge on any atom is 0.205 e. The van der Waals surface area contributed by atoms with Gasteiger partial charge in [-0.05, 0) is 85.6 Å². The lowest BCUT2D eigenvalue weighted by atomic mass is 9.96. The lowest BCUT2D eigenvalue weighted by molar-refractivity contribution is 0.0711. The van der Waals surface area contributed by atoms with Gasteiger partial charge < -0.3 is 9.67 Å². The SMILES string of the molecule is CCc1nc2c(C)cc(CCC(C)(C)O)nc2n1C1CCc2cc(-c3ccccc3-c3nn[nH]n3)ccc21. The Hall–Kier alpha value is -3.91. The summed E-state index contributed by atoms with van der Waals surface area (Å²) in [7, 11) is 0. The number of nitrogens with zero attached hydrogens (tertiary/aromatic N) is 6. The van der Waals surface area contributed by atoms with Gasteiger partial charge in [0.25, 0.3) is 0 Å². The summed E-state index contributed by atoms with van der Waals surface area (Å²) in [6.07, 6.45) is 4.25. The molecule has 2 aromatic carbocycles. The normalized spacial score (nSPS) is 15.3. The number of tetrazole rings is 1. The van der Waals surface area contributed by atoms with Crippen molar-refractivity contribution in [2.45, 2.75) is 71.4 Å². The maximum atomic E-state index is 10.3. The smallest absolute Gasteiger partial charge is 0.205 e. The van der Waals surface area contributed by atoms with E-state index in [1.165, 1.54) is 11.1 Å². The molecular formula is C30H33N7O. The lowest BCUT2D eigenvalue weighted by Gasteiger charge is -2.19. The van der Waals surface area contributed by atoms with Gasteiger partial charge in [0, 0.05) is 17.7 Å². The van der Waals surface area contributed by atoms with Crippen molar-refractivity contribution in [3.05, 3.63) is 76.7 Å². The second-order valence-corrected chi connectivity index (χ2v) is 10.9. The zero-order chi connectivity index (χ0) is 26.4. The van der Waals surface area contributed by atoms with Crippen LogP contribution in [0, 0.1) is 6.92 Å². The fourth-order valence-electron chi connectivity index (χ4n) is 5.70. The summed E-state index contributed by atoms with van der Waals surface area (Å²) in [5, 5.41) is 25.0. The fraction of sp³-hybridized carbons (Fsp3) is 0.367. The third-order valence-corrected chi connectivity index (χ3v) is 7.60. The maximum absolute atomic E-state index is 10.3. The average molecular weight is 508 g/mol. The van der Waals surface area contributed by atoms with E-state index in [0.29, 0.717) is 12.2 Å². The Morgan fingerprint density at radius 1 is 1.08 bits per heavy atom. The predicted molar refractivity (Wildman–Crippen MR) is 148 cm³/mol. The minimum Gasteiger partial charge on any atom is -0.390 e. The molecule has 0 bridgehead atoms. The molecule has 194 valence electrons. The fourth-order valence-corrected chi connectivity index (χ4v) is 5.70. The van der Waals surface area contributed by atoms with Gasteiger partial charge in [-0.15, -0.1) is 10.2 Å². The molecule has 0 saturated carbocycles. The number of H-pyrrole nitrogens is 1. The van der Waals surface area contributed by atoms with Crippen molar-refractivity contribution in [1.82, 2.24) is 35.2 Å². The van der Waals surface area contributed by atoms with Crippen LogP contribution in [0.2, 0.25) is 0 Å². The van der Waals surface area contributed by atoms with Crippen LogP contribution in [0.1, 0.15) is 67.9 Å². The van der Waals surface area contributed by atoms with Gasteiger partial charge in [0.05, 0.1) is 11.6 Å². The van der Waals surface area contributed by atoms with Crippen molar-refractivity contribution < 1.29 is 5.11 Å².